The number of amides is 2. The second kappa shape index (κ2) is 10.9. The van der Waals surface area contributed by atoms with Crippen molar-refractivity contribution in [1.82, 2.24) is 20.0 Å². The third-order valence-corrected chi connectivity index (χ3v) is 6.49. The van der Waals surface area contributed by atoms with E-state index in [1.807, 2.05) is 36.1 Å². The average Bonchev–Trinajstić information content (AvgIpc) is 3.26. The van der Waals surface area contributed by atoms with Crippen molar-refractivity contribution in [3.8, 4) is 0 Å². The molecule has 1 unspecified atom stereocenters. The quantitative estimate of drug-likeness (QED) is 0.664. The zero-order chi connectivity index (χ0) is 21.5. The SMILES string of the molecule is Cc1ccc(C(=O)N2CCN(C(C(=O)NCCCN(C)C)C3CCCC3)CC2)cc1. The summed E-state index contributed by atoms with van der Waals surface area (Å²) < 4.78 is 0. The van der Waals surface area contributed by atoms with Gasteiger partial charge >= 0.3 is 0 Å². The van der Waals surface area contributed by atoms with Gasteiger partial charge in [-0.3, -0.25) is 14.5 Å². The van der Waals surface area contributed by atoms with Gasteiger partial charge in [0.05, 0.1) is 6.04 Å². The summed E-state index contributed by atoms with van der Waals surface area (Å²) in [5.74, 6) is 0.720. The van der Waals surface area contributed by atoms with Gasteiger partial charge in [0, 0.05) is 38.3 Å². The van der Waals surface area contributed by atoms with Gasteiger partial charge in [-0.25, -0.2) is 0 Å². The maximum atomic E-state index is 13.1. The predicted octanol–water partition coefficient (Wildman–Crippen LogP) is 2.38. The van der Waals surface area contributed by atoms with Crippen LogP contribution in [0.1, 0.15) is 48.0 Å². The summed E-state index contributed by atoms with van der Waals surface area (Å²) in [5.41, 5.74) is 1.91. The molecule has 1 heterocycles. The molecular weight excluding hydrogens is 376 g/mol. The summed E-state index contributed by atoms with van der Waals surface area (Å²) in [5, 5.41) is 3.19. The predicted molar refractivity (Wildman–Crippen MR) is 121 cm³/mol. The molecule has 166 valence electrons. The summed E-state index contributed by atoms with van der Waals surface area (Å²) >= 11 is 0. The Morgan fingerprint density at radius 1 is 1.07 bits per heavy atom. The van der Waals surface area contributed by atoms with Gasteiger partial charge in [0.1, 0.15) is 0 Å². The first-order valence-electron chi connectivity index (χ1n) is 11.5. The topological polar surface area (TPSA) is 55.9 Å². The first kappa shape index (κ1) is 22.8. The fraction of sp³-hybridized carbons (Fsp3) is 0.667. The summed E-state index contributed by atoms with van der Waals surface area (Å²) in [6, 6.07) is 7.74. The molecule has 2 amide bonds. The third-order valence-electron chi connectivity index (χ3n) is 6.49. The summed E-state index contributed by atoms with van der Waals surface area (Å²) in [6.07, 6.45) is 5.69. The highest BCUT2D eigenvalue weighted by molar-refractivity contribution is 5.94. The summed E-state index contributed by atoms with van der Waals surface area (Å²) in [6.45, 7) is 6.64. The molecule has 0 spiro atoms. The molecule has 1 atom stereocenters. The van der Waals surface area contributed by atoms with Crippen molar-refractivity contribution >= 4 is 11.8 Å². The number of hydrogen-bond acceptors (Lipinski definition) is 4. The summed E-state index contributed by atoms with van der Waals surface area (Å²) in [7, 11) is 4.11. The van der Waals surface area contributed by atoms with Crippen molar-refractivity contribution in [3.05, 3.63) is 35.4 Å². The molecule has 1 aliphatic carbocycles. The first-order valence-corrected chi connectivity index (χ1v) is 11.5. The minimum atomic E-state index is -0.0523. The monoisotopic (exact) mass is 414 g/mol. The van der Waals surface area contributed by atoms with Gasteiger partial charge in [-0.15, -0.1) is 0 Å². The van der Waals surface area contributed by atoms with E-state index in [-0.39, 0.29) is 17.9 Å². The van der Waals surface area contributed by atoms with Crippen molar-refractivity contribution in [3.63, 3.8) is 0 Å². The second-order valence-corrected chi connectivity index (χ2v) is 9.13. The van der Waals surface area contributed by atoms with Gasteiger partial charge in [0.15, 0.2) is 0 Å². The maximum absolute atomic E-state index is 13.1. The minimum absolute atomic E-state index is 0.0523. The number of benzene rings is 1. The lowest BCUT2D eigenvalue weighted by atomic mass is 9.95. The Morgan fingerprint density at radius 2 is 1.70 bits per heavy atom. The van der Waals surface area contributed by atoms with Gasteiger partial charge in [-0.2, -0.15) is 0 Å². The van der Waals surface area contributed by atoms with Crippen LogP contribution in [0, 0.1) is 12.8 Å². The van der Waals surface area contributed by atoms with Crippen LogP contribution in [-0.2, 0) is 4.79 Å². The van der Waals surface area contributed by atoms with E-state index >= 15 is 0 Å². The number of nitrogens with one attached hydrogen (secondary N) is 1. The smallest absolute Gasteiger partial charge is 0.253 e. The average molecular weight is 415 g/mol. The van der Waals surface area contributed by atoms with Gasteiger partial charge < -0.3 is 15.1 Å². The van der Waals surface area contributed by atoms with Crippen LogP contribution < -0.4 is 5.32 Å². The summed E-state index contributed by atoms with van der Waals surface area (Å²) in [4.78, 5) is 32.3. The molecule has 30 heavy (non-hydrogen) atoms. The Balaban J connectivity index is 1.56. The molecule has 1 aromatic rings. The number of piperazine rings is 1. The van der Waals surface area contributed by atoms with E-state index in [1.165, 1.54) is 12.8 Å². The normalized spacial score (nSPS) is 19.3. The molecule has 0 aromatic heterocycles. The van der Waals surface area contributed by atoms with Crippen molar-refractivity contribution in [2.45, 2.75) is 45.1 Å². The van der Waals surface area contributed by atoms with E-state index in [2.05, 4.69) is 29.2 Å². The molecule has 6 nitrogen and oxygen atoms in total. The molecule has 1 saturated carbocycles. The first-order chi connectivity index (χ1) is 14.5. The number of carbonyl (C=O) groups excluding carboxylic acids is 2. The van der Waals surface area contributed by atoms with Crippen LogP contribution in [0.4, 0.5) is 0 Å². The lowest BCUT2D eigenvalue weighted by Gasteiger charge is -2.40. The van der Waals surface area contributed by atoms with E-state index in [0.717, 1.165) is 56.6 Å². The van der Waals surface area contributed by atoms with Crippen molar-refractivity contribution in [1.29, 1.82) is 0 Å². The molecule has 1 N–H and O–H groups in total. The fourth-order valence-electron chi connectivity index (χ4n) is 4.74. The Labute approximate surface area is 181 Å². The van der Waals surface area contributed by atoms with Crippen molar-refractivity contribution in [2.24, 2.45) is 5.92 Å². The third kappa shape index (κ3) is 6.05. The van der Waals surface area contributed by atoms with Crippen LogP contribution in [0.3, 0.4) is 0 Å². The van der Waals surface area contributed by atoms with Gasteiger partial charge in [-0.1, -0.05) is 30.5 Å². The lowest BCUT2D eigenvalue weighted by Crippen LogP contribution is -2.58. The molecule has 0 radical (unpaired) electrons. The molecule has 2 aliphatic rings. The molecule has 1 aliphatic heterocycles. The Morgan fingerprint density at radius 3 is 2.30 bits per heavy atom. The Hall–Kier alpha value is -1.92. The maximum Gasteiger partial charge on any atom is 0.253 e. The van der Waals surface area contributed by atoms with Crippen LogP contribution >= 0.6 is 0 Å². The van der Waals surface area contributed by atoms with Crippen LogP contribution in [0.15, 0.2) is 24.3 Å². The highest BCUT2D eigenvalue weighted by Gasteiger charge is 2.37. The van der Waals surface area contributed by atoms with E-state index in [9.17, 15) is 9.59 Å². The molecule has 0 bridgehead atoms. The van der Waals surface area contributed by atoms with E-state index in [0.29, 0.717) is 19.0 Å². The second-order valence-electron chi connectivity index (χ2n) is 9.13. The Kier molecular flexibility index (Phi) is 8.28. The molecule has 6 heteroatoms. The molecular formula is C24H38N4O2. The van der Waals surface area contributed by atoms with Gasteiger partial charge in [0.2, 0.25) is 5.91 Å². The van der Waals surface area contributed by atoms with Crippen molar-refractivity contribution in [2.75, 3.05) is 53.4 Å². The standard InChI is InChI=1S/C24H38N4O2/c1-19-9-11-21(12-10-19)24(30)28-17-15-27(16-18-28)22(20-7-4-5-8-20)23(29)25-13-6-14-26(2)3/h9-12,20,22H,4-8,13-18H2,1-3H3,(H,25,29). The van der Waals surface area contributed by atoms with Gasteiger partial charge in [-0.05, 0) is 64.9 Å². The fourth-order valence-corrected chi connectivity index (χ4v) is 4.74. The molecule has 1 saturated heterocycles. The molecule has 1 aromatic carbocycles. The largest absolute Gasteiger partial charge is 0.355 e. The lowest BCUT2D eigenvalue weighted by molar-refractivity contribution is -0.129. The highest BCUT2D eigenvalue weighted by Crippen LogP contribution is 2.31. The van der Waals surface area contributed by atoms with Crippen LogP contribution in [0.2, 0.25) is 0 Å². The van der Waals surface area contributed by atoms with Gasteiger partial charge in [0.25, 0.3) is 5.91 Å². The number of rotatable bonds is 8. The van der Waals surface area contributed by atoms with E-state index < -0.39 is 0 Å². The zero-order valence-corrected chi connectivity index (χ0v) is 18.9. The molecule has 2 fully saturated rings. The number of nitrogens with zero attached hydrogens (tertiary/aromatic N) is 3. The molecule has 3 rings (SSSR count). The number of hydrogen-bond donors (Lipinski definition) is 1. The van der Waals surface area contributed by atoms with Crippen LogP contribution in [-0.4, -0.2) is 85.9 Å². The van der Waals surface area contributed by atoms with Crippen molar-refractivity contribution < 1.29 is 9.59 Å². The minimum Gasteiger partial charge on any atom is -0.355 e. The number of carbonyl (C=O) groups is 2. The van der Waals surface area contributed by atoms with Crippen LogP contribution in [0.25, 0.3) is 0 Å². The van der Waals surface area contributed by atoms with E-state index in [1.54, 1.807) is 0 Å². The van der Waals surface area contributed by atoms with E-state index in [4.69, 9.17) is 0 Å². The Bertz CT molecular complexity index is 690. The van der Waals surface area contributed by atoms with Crippen LogP contribution in [0.5, 0.6) is 0 Å². The highest BCUT2D eigenvalue weighted by atomic mass is 16.2. The zero-order valence-electron chi connectivity index (χ0n) is 18.9. The number of aryl methyl sites for hydroxylation is 1.